The van der Waals surface area contributed by atoms with E-state index in [2.05, 4.69) is 9.80 Å². The molecule has 1 rings (SSSR count). The van der Waals surface area contributed by atoms with Gasteiger partial charge in [-0.15, -0.1) is 0 Å². The second-order valence-corrected chi connectivity index (χ2v) is 6.56. The maximum Gasteiger partial charge on any atom is 0.238 e. The van der Waals surface area contributed by atoms with E-state index in [1.165, 1.54) is 6.07 Å². The van der Waals surface area contributed by atoms with Crippen molar-refractivity contribution in [2.45, 2.75) is 18.2 Å². The molecule has 0 aliphatic rings. The third-order valence-corrected chi connectivity index (χ3v) is 4.00. The van der Waals surface area contributed by atoms with Gasteiger partial charge in [0.25, 0.3) is 0 Å². The summed E-state index contributed by atoms with van der Waals surface area (Å²) in [5, 5.41) is 5.16. The molecular formula is C13H24N4O2S. The Hall–Kier alpha value is -1.31. The highest BCUT2D eigenvalue weighted by Gasteiger charge is 2.14. The average molecular weight is 300 g/mol. The monoisotopic (exact) mass is 300 g/mol. The third-order valence-electron chi connectivity index (χ3n) is 3.09. The van der Waals surface area contributed by atoms with Gasteiger partial charge in [0, 0.05) is 13.1 Å². The first-order valence-electron chi connectivity index (χ1n) is 6.57. The Labute approximate surface area is 121 Å². The minimum Gasteiger partial charge on any atom is -0.397 e. The smallest absolute Gasteiger partial charge is 0.238 e. The second-order valence-electron chi connectivity index (χ2n) is 5.00. The number of hydrogen-bond donors (Lipinski definition) is 2. The van der Waals surface area contributed by atoms with Gasteiger partial charge in [-0.3, -0.25) is 0 Å². The molecule has 1 aromatic carbocycles. The van der Waals surface area contributed by atoms with Crippen molar-refractivity contribution < 1.29 is 8.42 Å². The fraction of sp³-hybridized carbons (Fsp3) is 0.538. The Balaban J connectivity index is 2.96. The van der Waals surface area contributed by atoms with Gasteiger partial charge in [0.15, 0.2) is 0 Å². The van der Waals surface area contributed by atoms with Crippen LogP contribution >= 0.6 is 0 Å². The number of nitrogen functional groups attached to an aromatic ring is 1. The van der Waals surface area contributed by atoms with Gasteiger partial charge >= 0.3 is 0 Å². The Kier molecular flexibility index (Phi) is 5.79. The molecule has 0 heterocycles. The van der Waals surface area contributed by atoms with Crippen LogP contribution in [0.3, 0.4) is 0 Å². The van der Waals surface area contributed by atoms with E-state index >= 15 is 0 Å². The van der Waals surface area contributed by atoms with E-state index in [1.54, 1.807) is 12.1 Å². The highest BCUT2D eigenvalue weighted by atomic mass is 32.2. The quantitative estimate of drug-likeness (QED) is 0.723. The van der Waals surface area contributed by atoms with Gasteiger partial charge in [-0.2, -0.15) is 0 Å². The van der Waals surface area contributed by atoms with Crippen LogP contribution in [0.15, 0.2) is 23.1 Å². The zero-order chi connectivity index (χ0) is 15.3. The van der Waals surface area contributed by atoms with E-state index in [0.29, 0.717) is 5.69 Å². The number of sulfonamides is 1. The van der Waals surface area contributed by atoms with Gasteiger partial charge in [-0.1, -0.05) is 0 Å². The maximum absolute atomic E-state index is 11.4. The second kappa shape index (κ2) is 6.92. The van der Waals surface area contributed by atoms with Gasteiger partial charge in [0.2, 0.25) is 10.0 Å². The molecule has 1 aromatic rings. The summed E-state index contributed by atoms with van der Waals surface area (Å²) in [6, 6.07) is 4.56. The standard InChI is InChI=1S/C13H24N4O2S/c1-4-17(9-5-8-16(2)3)13-10-11(20(15,18)19)6-7-12(13)14/h6-7,10H,4-5,8-9,14H2,1-3H3,(H2,15,18,19). The molecule has 0 saturated carbocycles. The SMILES string of the molecule is CCN(CCCN(C)C)c1cc(S(N)(=O)=O)ccc1N. The highest BCUT2D eigenvalue weighted by molar-refractivity contribution is 7.89. The minimum atomic E-state index is -3.71. The molecule has 0 amide bonds. The summed E-state index contributed by atoms with van der Waals surface area (Å²) >= 11 is 0. The summed E-state index contributed by atoms with van der Waals surface area (Å²) in [7, 11) is 0.332. The van der Waals surface area contributed by atoms with E-state index in [0.717, 1.165) is 31.7 Å². The first-order chi connectivity index (χ1) is 9.25. The van der Waals surface area contributed by atoms with Gasteiger partial charge in [0.1, 0.15) is 0 Å². The van der Waals surface area contributed by atoms with Crippen molar-refractivity contribution in [1.82, 2.24) is 4.90 Å². The molecule has 0 saturated heterocycles. The molecule has 0 aliphatic heterocycles. The molecule has 0 fully saturated rings. The van der Waals surface area contributed by atoms with Crippen molar-refractivity contribution in [3.63, 3.8) is 0 Å². The lowest BCUT2D eigenvalue weighted by molar-refractivity contribution is 0.400. The lowest BCUT2D eigenvalue weighted by Crippen LogP contribution is -2.28. The van der Waals surface area contributed by atoms with Crippen molar-refractivity contribution in [2.24, 2.45) is 5.14 Å². The van der Waals surface area contributed by atoms with E-state index in [1.807, 2.05) is 21.0 Å². The summed E-state index contributed by atoms with van der Waals surface area (Å²) in [6.45, 7) is 4.54. The van der Waals surface area contributed by atoms with Crippen molar-refractivity contribution in [3.8, 4) is 0 Å². The summed E-state index contributed by atoms with van der Waals surface area (Å²) < 4.78 is 22.8. The number of benzene rings is 1. The van der Waals surface area contributed by atoms with Gasteiger partial charge in [-0.05, 0) is 52.2 Å². The van der Waals surface area contributed by atoms with Crippen LogP contribution in [0.1, 0.15) is 13.3 Å². The average Bonchev–Trinajstić information content (AvgIpc) is 2.34. The predicted molar refractivity (Wildman–Crippen MR) is 83.3 cm³/mol. The Morgan fingerprint density at radius 3 is 2.35 bits per heavy atom. The fourth-order valence-electron chi connectivity index (χ4n) is 2.00. The Bertz CT molecular complexity index is 543. The van der Waals surface area contributed by atoms with Crippen LogP contribution < -0.4 is 15.8 Å². The third kappa shape index (κ3) is 4.66. The van der Waals surface area contributed by atoms with Crippen LogP contribution in [0.4, 0.5) is 11.4 Å². The molecule has 4 N–H and O–H groups in total. The number of hydrogen-bond acceptors (Lipinski definition) is 5. The predicted octanol–water partition coefficient (Wildman–Crippen LogP) is 0.694. The van der Waals surface area contributed by atoms with Crippen LogP contribution in [0.5, 0.6) is 0 Å². The van der Waals surface area contributed by atoms with E-state index in [-0.39, 0.29) is 4.90 Å². The zero-order valence-electron chi connectivity index (χ0n) is 12.3. The molecule has 20 heavy (non-hydrogen) atoms. The molecule has 7 heteroatoms. The maximum atomic E-state index is 11.4. The number of anilines is 2. The van der Waals surface area contributed by atoms with Crippen LogP contribution in [-0.2, 0) is 10.0 Å². The summed E-state index contributed by atoms with van der Waals surface area (Å²) in [4.78, 5) is 4.26. The van der Waals surface area contributed by atoms with Crippen LogP contribution in [0.25, 0.3) is 0 Å². The molecule has 0 aromatic heterocycles. The Morgan fingerprint density at radius 2 is 1.85 bits per heavy atom. The molecule has 0 bridgehead atoms. The molecule has 0 radical (unpaired) electrons. The van der Waals surface area contributed by atoms with Crippen molar-refractivity contribution >= 4 is 21.4 Å². The largest absolute Gasteiger partial charge is 0.397 e. The number of nitrogens with zero attached hydrogens (tertiary/aromatic N) is 2. The summed E-state index contributed by atoms with van der Waals surface area (Å²) in [5.74, 6) is 0. The van der Waals surface area contributed by atoms with E-state index in [9.17, 15) is 8.42 Å². The number of rotatable bonds is 7. The molecule has 114 valence electrons. The van der Waals surface area contributed by atoms with Crippen LogP contribution in [-0.4, -0.2) is 47.0 Å². The minimum absolute atomic E-state index is 0.0905. The normalized spacial score (nSPS) is 11.8. The van der Waals surface area contributed by atoms with Gasteiger partial charge in [-0.25, -0.2) is 13.6 Å². The summed E-state index contributed by atoms with van der Waals surface area (Å²) in [5.41, 5.74) is 7.23. The lowest BCUT2D eigenvalue weighted by atomic mass is 10.2. The van der Waals surface area contributed by atoms with Crippen LogP contribution in [0.2, 0.25) is 0 Å². The topological polar surface area (TPSA) is 92.7 Å². The number of nitrogens with two attached hydrogens (primary N) is 2. The first kappa shape index (κ1) is 16.7. The van der Waals surface area contributed by atoms with Gasteiger partial charge in [0.05, 0.1) is 16.3 Å². The molecular weight excluding hydrogens is 276 g/mol. The molecule has 6 nitrogen and oxygen atoms in total. The van der Waals surface area contributed by atoms with Crippen molar-refractivity contribution in [3.05, 3.63) is 18.2 Å². The van der Waals surface area contributed by atoms with Gasteiger partial charge < -0.3 is 15.5 Å². The molecule has 0 unspecified atom stereocenters. The van der Waals surface area contributed by atoms with Crippen molar-refractivity contribution in [2.75, 3.05) is 44.4 Å². The Morgan fingerprint density at radius 1 is 1.20 bits per heavy atom. The van der Waals surface area contributed by atoms with Crippen LogP contribution in [0, 0.1) is 0 Å². The van der Waals surface area contributed by atoms with Crippen molar-refractivity contribution in [1.29, 1.82) is 0 Å². The number of primary sulfonamides is 1. The molecule has 0 spiro atoms. The molecule has 0 atom stereocenters. The zero-order valence-corrected chi connectivity index (χ0v) is 13.2. The first-order valence-corrected chi connectivity index (χ1v) is 8.12. The fourth-order valence-corrected chi connectivity index (χ4v) is 2.53. The van der Waals surface area contributed by atoms with E-state index in [4.69, 9.17) is 10.9 Å². The lowest BCUT2D eigenvalue weighted by Gasteiger charge is -2.25. The molecule has 0 aliphatic carbocycles. The van der Waals surface area contributed by atoms with E-state index < -0.39 is 10.0 Å². The summed E-state index contributed by atoms with van der Waals surface area (Å²) in [6.07, 6.45) is 0.972. The highest BCUT2D eigenvalue weighted by Crippen LogP contribution is 2.26.